The fraction of sp³-hybridized carbons (Fsp3) is 0.200. The molecule has 1 heterocycles. The molecule has 98 valence electrons. The third-order valence-corrected chi connectivity index (χ3v) is 2.88. The van der Waals surface area contributed by atoms with E-state index in [-0.39, 0.29) is 5.84 Å². The summed E-state index contributed by atoms with van der Waals surface area (Å²) in [7, 11) is 2.05. The largest absolute Gasteiger partial charge is 0.382 e. The Hall–Kier alpha value is -2.20. The number of benzene rings is 1. The maximum atomic E-state index is 7.54. The monoisotopic (exact) mass is 254 g/mol. The second kappa shape index (κ2) is 6.11. The smallest absolute Gasteiger partial charge is 0.142 e. The molecule has 0 saturated heterocycles. The van der Waals surface area contributed by atoms with Crippen molar-refractivity contribution in [1.82, 2.24) is 9.88 Å². The van der Waals surface area contributed by atoms with Crippen molar-refractivity contribution < 1.29 is 0 Å². The van der Waals surface area contributed by atoms with E-state index in [4.69, 9.17) is 11.1 Å². The summed E-state index contributed by atoms with van der Waals surface area (Å²) in [6.45, 7) is 1.57. The minimum atomic E-state index is 0.0173. The third-order valence-electron chi connectivity index (χ3n) is 2.88. The van der Waals surface area contributed by atoms with Crippen molar-refractivity contribution in [3.05, 3.63) is 65.5 Å². The lowest BCUT2D eigenvalue weighted by Gasteiger charge is -2.18. The Morgan fingerprint density at radius 2 is 1.89 bits per heavy atom. The van der Waals surface area contributed by atoms with Crippen LogP contribution in [0.5, 0.6) is 0 Å². The van der Waals surface area contributed by atoms with Gasteiger partial charge in [0.15, 0.2) is 0 Å². The van der Waals surface area contributed by atoms with Crippen molar-refractivity contribution in [2.45, 2.75) is 13.1 Å². The van der Waals surface area contributed by atoms with Crippen LogP contribution in [0.15, 0.2) is 48.7 Å². The molecule has 2 aromatic rings. The molecule has 3 N–H and O–H groups in total. The second-order valence-electron chi connectivity index (χ2n) is 4.58. The zero-order valence-corrected chi connectivity index (χ0v) is 11.0. The summed E-state index contributed by atoms with van der Waals surface area (Å²) >= 11 is 0. The van der Waals surface area contributed by atoms with Gasteiger partial charge in [-0.2, -0.15) is 0 Å². The molecule has 0 amide bonds. The SMILES string of the molecule is CN(Cc1ccccc1)Cc1cccnc1C(=N)N. The van der Waals surface area contributed by atoms with E-state index < -0.39 is 0 Å². The van der Waals surface area contributed by atoms with Crippen molar-refractivity contribution >= 4 is 5.84 Å². The molecule has 0 aliphatic rings. The molecule has 0 spiro atoms. The molecule has 2 rings (SSSR count). The number of nitrogens with two attached hydrogens (primary N) is 1. The maximum absolute atomic E-state index is 7.54. The zero-order chi connectivity index (χ0) is 13.7. The van der Waals surface area contributed by atoms with Crippen LogP contribution in [0.3, 0.4) is 0 Å². The Kier molecular flexibility index (Phi) is 4.26. The summed E-state index contributed by atoms with van der Waals surface area (Å²) in [5, 5.41) is 7.54. The van der Waals surface area contributed by atoms with Crippen molar-refractivity contribution in [3.8, 4) is 0 Å². The van der Waals surface area contributed by atoms with E-state index in [1.807, 2.05) is 37.4 Å². The predicted molar refractivity (Wildman–Crippen MR) is 76.9 cm³/mol. The predicted octanol–water partition coefficient (Wildman–Crippen LogP) is 2.00. The van der Waals surface area contributed by atoms with Gasteiger partial charge in [-0.15, -0.1) is 0 Å². The molecule has 4 heteroatoms. The molecule has 0 unspecified atom stereocenters. The lowest BCUT2D eigenvalue weighted by molar-refractivity contribution is 0.318. The number of nitrogen functional groups attached to an aromatic ring is 1. The summed E-state index contributed by atoms with van der Waals surface area (Å²) in [6.07, 6.45) is 1.66. The summed E-state index contributed by atoms with van der Waals surface area (Å²) in [5.74, 6) is 0.0173. The molecule has 4 nitrogen and oxygen atoms in total. The van der Waals surface area contributed by atoms with E-state index in [2.05, 4.69) is 22.0 Å². The zero-order valence-electron chi connectivity index (χ0n) is 11.0. The number of nitrogens with one attached hydrogen (secondary N) is 1. The van der Waals surface area contributed by atoms with Gasteiger partial charge >= 0.3 is 0 Å². The van der Waals surface area contributed by atoms with Crippen molar-refractivity contribution in [2.24, 2.45) is 5.73 Å². The van der Waals surface area contributed by atoms with E-state index in [0.29, 0.717) is 5.69 Å². The van der Waals surface area contributed by atoms with Gasteiger partial charge < -0.3 is 5.73 Å². The van der Waals surface area contributed by atoms with Gasteiger partial charge in [0.2, 0.25) is 0 Å². The molecule has 0 fully saturated rings. The van der Waals surface area contributed by atoms with Crippen molar-refractivity contribution in [2.75, 3.05) is 7.05 Å². The number of hydrogen-bond acceptors (Lipinski definition) is 3. The first-order valence-corrected chi connectivity index (χ1v) is 6.17. The van der Waals surface area contributed by atoms with Crippen LogP contribution in [0.2, 0.25) is 0 Å². The third kappa shape index (κ3) is 3.63. The standard InChI is InChI=1S/C15H18N4/c1-19(10-12-6-3-2-4-7-12)11-13-8-5-9-18-14(13)15(16)17/h2-9H,10-11H2,1H3,(H3,16,17). The van der Waals surface area contributed by atoms with Crippen LogP contribution in [0.25, 0.3) is 0 Å². The van der Waals surface area contributed by atoms with Crippen LogP contribution in [-0.4, -0.2) is 22.8 Å². The van der Waals surface area contributed by atoms with Crippen LogP contribution in [-0.2, 0) is 13.1 Å². The lowest BCUT2D eigenvalue weighted by atomic mass is 10.1. The van der Waals surface area contributed by atoms with E-state index in [1.165, 1.54) is 5.56 Å². The number of nitrogens with zero attached hydrogens (tertiary/aromatic N) is 2. The molecule has 0 aliphatic heterocycles. The molecule has 0 saturated carbocycles. The van der Waals surface area contributed by atoms with Gasteiger partial charge in [0.05, 0.1) is 0 Å². The molecular formula is C15H18N4. The fourth-order valence-electron chi connectivity index (χ4n) is 2.05. The van der Waals surface area contributed by atoms with E-state index in [9.17, 15) is 0 Å². The van der Waals surface area contributed by atoms with Crippen LogP contribution in [0.4, 0.5) is 0 Å². The summed E-state index contributed by atoms with van der Waals surface area (Å²) in [6, 6.07) is 14.1. The fourth-order valence-corrected chi connectivity index (χ4v) is 2.05. The highest BCUT2D eigenvalue weighted by Crippen LogP contribution is 2.10. The maximum Gasteiger partial charge on any atom is 0.142 e. The molecular weight excluding hydrogens is 236 g/mol. The normalized spacial score (nSPS) is 10.6. The Labute approximate surface area is 113 Å². The Balaban J connectivity index is 2.07. The van der Waals surface area contributed by atoms with Gasteiger partial charge in [-0.05, 0) is 24.2 Å². The average molecular weight is 254 g/mol. The number of aromatic nitrogens is 1. The van der Waals surface area contributed by atoms with Gasteiger partial charge in [0, 0.05) is 19.3 Å². The Bertz CT molecular complexity index is 551. The van der Waals surface area contributed by atoms with Crippen LogP contribution in [0, 0.1) is 5.41 Å². The Morgan fingerprint density at radius 3 is 2.58 bits per heavy atom. The van der Waals surface area contributed by atoms with Crippen LogP contribution >= 0.6 is 0 Å². The van der Waals surface area contributed by atoms with Gasteiger partial charge in [-0.3, -0.25) is 15.3 Å². The Morgan fingerprint density at radius 1 is 1.16 bits per heavy atom. The highest BCUT2D eigenvalue weighted by Gasteiger charge is 2.09. The van der Waals surface area contributed by atoms with Crippen LogP contribution < -0.4 is 5.73 Å². The quantitative estimate of drug-likeness (QED) is 0.633. The van der Waals surface area contributed by atoms with Crippen LogP contribution in [0.1, 0.15) is 16.8 Å². The number of amidine groups is 1. The van der Waals surface area contributed by atoms with E-state index in [0.717, 1.165) is 18.7 Å². The van der Waals surface area contributed by atoms with Crippen molar-refractivity contribution in [1.29, 1.82) is 5.41 Å². The van der Waals surface area contributed by atoms with Gasteiger partial charge in [0.25, 0.3) is 0 Å². The van der Waals surface area contributed by atoms with Gasteiger partial charge in [-0.25, -0.2) is 0 Å². The minimum absolute atomic E-state index is 0.0173. The second-order valence-corrected chi connectivity index (χ2v) is 4.58. The highest BCUT2D eigenvalue weighted by atomic mass is 15.1. The van der Waals surface area contributed by atoms with E-state index in [1.54, 1.807) is 6.20 Å². The first-order valence-electron chi connectivity index (χ1n) is 6.17. The molecule has 1 aromatic heterocycles. The van der Waals surface area contributed by atoms with Gasteiger partial charge in [0.1, 0.15) is 11.5 Å². The first-order chi connectivity index (χ1) is 9.16. The molecule has 0 bridgehead atoms. The summed E-state index contributed by atoms with van der Waals surface area (Å²) in [4.78, 5) is 6.34. The molecule has 1 aromatic carbocycles. The summed E-state index contributed by atoms with van der Waals surface area (Å²) < 4.78 is 0. The number of pyridine rings is 1. The topological polar surface area (TPSA) is 66.0 Å². The molecule has 0 atom stereocenters. The van der Waals surface area contributed by atoms with Crippen molar-refractivity contribution in [3.63, 3.8) is 0 Å². The molecule has 0 aliphatic carbocycles. The number of rotatable bonds is 5. The van der Waals surface area contributed by atoms with Gasteiger partial charge in [-0.1, -0.05) is 36.4 Å². The summed E-state index contributed by atoms with van der Waals surface area (Å²) in [5.41, 5.74) is 8.36. The average Bonchev–Trinajstić information content (AvgIpc) is 2.40. The molecule has 19 heavy (non-hydrogen) atoms. The first kappa shape index (κ1) is 13.2. The lowest BCUT2D eigenvalue weighted by Crippen LogP contribution is -2.22. The highest BCUT2D eigenvalue weighted by molar-refractivity contribution is 5.94. The minimum Gasteiger partial charge on any atom is -0.382 e. The number of hydrogen-bond donors (Lipinski definition) is 2. The molecule has 0 radical (unpaired) electrons. The van der Waals surface area contributed by atoms with E-state index >= 15 is 0 Å².